The lowest BCUT2D eigenvalue weighted by Crippen LogP contribution is -2.31. The van der Waals surface area contributed by atoms with Gasteiger partial charge in [-0.25, -0.2) is 4.98 Å². The molecule has 7 heteroatoms. The third kappa shape index (κ3) is 5.82. The number of methoxy groups -OCH3 is 1. The second-order valence-corrected chi connectivity index (χ2v) is 8.50. The van der Waals surface area contributed by atoms with E-state index in [0.29, 0.717) is 12.0 Å². The molecule has 2 N–H and O–H groups in total. The zero-order valence-electron chi connectivity index (χ0n) is 16.9. The number of ether oxygens (including phenoxy) is 1. The van der Waals surface area contributed by atoms with Gasteiger partial charge in [0.15, 0.2) is 0 Å². The van der Waals surface area contributed by atoms with E-state index in [1.54, 1.807) is 7.11 Å². The molecule has 3 rings (SSSR count). The minimum absolute atomic E-state index is 0.457. The minimum atomic E-state index is 0.457. The summed E-state index contributed by atoms with van der Waals surface area (Å²) in [4.78, 5) is 10.9. The topological polar surface area (TPSA) is 62.3 Å². The van der Waals surface area contributed by atoms with Crippen LogP contribution < -0.4 is 20.3 Å². The number of hydrogen-bond acceptors (Lipinski definition) is 6. The first-order valence-electron chi connectivity index (χ1n) is 9.85. The first-order valence-corrected chi connectivity index (χ1v) is 10.6. The second-order valence-electron chi connectivity index (χ2n) is 7.58. The summed E-state index contributed by atoms with van der Waals surface area (Å²) in [7, 11) is 5.71. The van der Waals surface area contributed by atoms with Crippen molar-refractivity contribution in [3.63, 3.8) is 0 Å². The highest BCUT2D eigenvalue weighted by Crippen LogP contribution is 2.27. The van der Waals surface area contributed by atoms with Gasteiger partial charge >= 0.3 is 0 Å². The Morgan fingerprint density at radius 1 is 1.18 bits per heavy atom. The van der Waals surface area contributed by atoms with Crippen molar-refractivity contribution in [3.8, 4) is 5.75 Å². The Balaban J connectivity index is 1.42. The molecule has 0 unspecified atom stereocenters. The monoisotopic (exact) mass is 447 g/mol. The van der Waals surface area contributed by atoms with E-state index in [4.69, 9.17) is 4.74 Å². The lowest BCUT2D eigenvalue weighted by Gasteiger charge is -2.29. The predicted molar refractivity (Wildman–Crippen MR) is 118 cm³/mol. The number of aromatic nitrogens is 2. The molecule has 2 aromatic rings. The molecule has 6 nitrogen and oxygen atoms in total. The molecule has 1 saturated carbocycles. The largest absolute Gasteiger partial charge is 0.496 e. The Bertz CT molecular complexity index is 762. The number of benzene rings is 1. The lowest BCUT2D eigenvalue weighted by molar-refractivity contribution is 0.322. The van der Waals surface area contributed by atoms with Crippen molar-refractivity contribution in [2.45, 2.75) is 38.3 Å². The van der Waals surface area contributed by atoms with Crippen LogP contribution in [-0.4, -0.2) is 43.8 Å². The van der Waals surface area contributed by atoms with Crippen LogP contribution >= 0.6 is 15.9 Å². The Hall–Kier alpha value is -1.86. The number of hydrogen-bond donors (Lipinski definition) is 2. The first kappa shape index (κ1) is 20.9. The third-order valence-corrected chi connectivity index (χ3v) is 5.76. The van der Waals surface area contributed by atoms with Gasteiger partial charge in [-0.15, -0.1) is 0 Å². The van der Waals surface area contributed by atoms with Crippen LogP contribution in [0.1, 0.15) is 31.2 Å². The normalized spacial score (nSPS) is 19.3. The van der Waals surface area contributed by atoms with Gasteiger partial charge < -0.3 is 20.3 Å². The quantitative estimate of drug-likeness (QED) is 0.635. The smallest absolute Gasteiger partial charge is 0.224 e. The molecular formula is C21H30BrN5O. The summed E-state index contributed by atoms with van der Waals surface area (Å²) >= 11 is 3.54. The fourth-order valence-electron chi connectivity index (χ4n) is 3.66. The summed E-state index contributed by atoms with van der Waals surface area (Å²) in [6.45, 7) is 1.86. The van der Waals surface area contributed by atoms with Crippen LogP contribution in [0.3, 0.4) is 0 Å². The molecular weight excluding hydrogens is 418 g/mol. The average Bonchev–Trinajstić information content (AvgIpc) is 2.70. The standard InChI is InChI=1S/C21H30BrN5O/c1-27(2)20-10-11-24-21(26-20)25-18-7-4-15(5-8-18)13-23-14-16-12-17(22)6-9-19(16)28-3/h6,9-12,15,18,23H,4-5,7-8,13-14H2,1-3H3,(H,24,25,26). The minimum Gasteiger partial charge on any atom is -0.496 e. The molecule has 0 radical (unpaired) electrons. The van der Waals surface area contributed by atoms with Gasteiger partial charge in [0.1, 0.15) is 11.6 Å². The van der Waals surface area contributed by atoms with Crippen molar-refractivity contribution in [2.75, 3.05) is 38.0 Å². The highest BCUT2D eigenvalue weighted by atomic mass is 79.9. The van der Waals surface area contributed by atoms with Crippen LogP contribution in [0.4, 0.5) is 11.8 Å². The zero-order chi connectivity index (χ0) is 19.9. The molecule has 1 aliphatic carbocycles. The number of halogens is 1. The maximum Gasteiger partial charge on any atom is 0.224 e. The lowest BCUT2D eigenvalue weighted by atomic mass is 9.86. The van der Waals surface area contributed by atoms with Gasteiger partial charge in [-0.1, -0.05) is 15.9 Å². The number of anilines is 2. The van der Waals surface area contributed by atoms with E-state index in [-0.39, 0.29) is 0 Å². The summed E-state index contributed by atoms with van der Waals surface area (Å²) in [6.07, 6.45) is 6.56. The summed E-state index contributed by atoms with van der Waals surface area (Å²) in [5.41, 5.74) is 1.19. The van der Waals surface area contributed by atoms with Gasteiger partial charge in [-0.05, 0) is 62.4 Å². The predicted octanol–water partition coefficient (Wildman–Crippen LogP) is 4.07. The molecule has 1 aromatic carbocycles. The highest BCUT2D eigenvalue weighted by Gasteiger charge is 2.21. The maximum absolute atomic E-state index is 5.45. The van der Waals surface area contributed by atoms with Crippen molar-refractivity contribution in [3.05, 3.63) is 40.5 Å². The SMILES string of the molecule is COc1ccc(Br)cc1CNCC1CCC(Nc2nccc(N(C)C)n2)CC1. The Labute approximate surface area is 176 Å². The fourth-order valence-corrected chi connectivity index (χ4v) is 4.07. The average molecular weight is 448 g/mol. The van der Waals surface area contributed by atoms with Crippen LogP contribution in [0.5, 0.6) is 5.75 Å². The number of rotatable bonds is 8. The van der Waals surface area contributed by atoms with E-state index in [1.807, 2.05) is 43.4 Å². The summed E-state index contributed by atoms with van der Waals surface area (Å²) in [5.74, 6) is 3.31. The molecule has 1 aliphatic rings. The van der Waals surface area contributed by atoms with Crippen LogP contribution in [0.2, 0.25) is 0 Å². The highest BCUT2D eigenvalue weighted by molar-refractivity contribution is 9.10. The molecule has 0 aliphatic heterocycles. The van der Waals surface area contributed by atoms with Gasteiger partial charge in [-0.2, -0.15) is 4.98 Å². The molecule has 152 valence electrons. The maximum atomic E-state index is 5.45. The van der Waals surface area contributed by atoms with E-state index in [2.05, 4.69) is 42.6 Å². The Morgan fingerprint density at radius 2 is 1.96 bits per heavy atom. The van der Waals surface area contributed by atoms with Crippen molar-refractivity contribution in [1.82, 2.24) is 15.3 Å². The molecule has 0 saturated heterocycles. The summed E-state index contributed by atoms with van der Waals surface area (Å²) in [6, 6.07) is 8.52. The molecule has 0 atom stereocenters. The molecule has 0 amide bonds. The van der Waals surface area contributed by atoms with Crippen LogP contribution in [-0.2, 0) is 6.54 Å². The molecule has 1 heterocycles. The molecule has 28 heavy (non-hydrogen) atoms. The van der Waals surface area contributed by atoms with Crippen LogP contribution in [0, 0.1) is 5.92 Å². The molecule has 1 fully saturated rings. The van der Waals surface area contributed by atoms with E-state index in [1.165, 1.54) is 18.4 Å². The number of nitrogens with zero attached hydrogens (tertiary/aromatic N) is 3. The molecule has 0 bridgehead atoms. The first-order chi connectivity index (χ1) is 13.5. The van der Waals surface area contributed by atoms with Gasteiger partial charge in [0.2, 0.25) is 5.95 Å². The number of nitrogens with one attached hydrogen (secondary N) is 2. The van der Waals surface area contributed by atoms with Gasteiger partial charge in [-0.3, -0.25) is 0 Å². The van der Waals surface area contributed by atoms with E-state index in [9.17, 15) is 0 Å². The third-order valence-electron chi connectivity index (χ3n) is 5.27. The molecule has 0 spiro atoms. The summed E-state index contributed by atoms with van der Waals surface area (Å²) in [5, 5.41) is 7.12. The van der Waals surface area contributed by atoms with E-state index in [0.717, 1.165) is 47.9 Å². The van der Waals surface area contributed by atoms with Crippen molar-refractivity contribution in [1.29, 1.82) is 0 Å². The van der Waals surface area contributed by atoms with E-state index >= 15 is 0 Å². The van der Waals surface area contributed by atoms with Gasteiger partial charge in [0.05, 0.1) is 7.11 Å². The van der Waals surface area contributed by atoms with E-state index < -0.39 is 0 Å². The fraction of sp³-hybridized carbons (Fsp3) is 0.524. The van der Waals surface area contributed by atoms with Crippen molar-refractivity contribution in [2.24, 2.45) is 5.92 Å². The summed E-state index contributed by atoms with van der Waals surface area (Å²) < 4.78 is 6.53. The second kappa shape index (κ2) is 10.1. The van der Waals surface area contributed by atoms with Crippen molar-refractivity contribution < 1.29 is 4.74 Å². The molecule has 1 aromatic heterocycles. The van der Waals surface area contributed by atoms with Gasteiger partial charge in [0, 0.05) is 42.9 Å². The zero-order valence-corrected chi connectivity index (χ0v) is 18.5. The Morgan fingerprint density at radius 3 is 2.68 bits per heavy atom. The van der Waals surface area contributed by atoms with Crippen molar-refractivity contribution >= 4 is 27.7 Å². The van der Waals surface area contributed by atoms with Crippen LogP contribution in [0.15, 0.2) is 34.9 Å². The van der Waals surface area contributed by atoms with Gasteiger partial charge in [0.25, 0.3) is 0 Å². The Kier molecular flexibility index (Phi) is 7.50. The van der Waals surface area contributed by atoms with Crippen LogP contribution in [0.25, 0.3) is 0 Å².